The highest BCUT2D eigenvalue weighted by Gasteiger charge is 2.19. The normalized spacial score (nSPS) is 14.4. The monoisotopic (exact) mass is 274 g/mol. The zero-order valence-corrected chi connectivity index (χ0v) is 9.69. The molecule has 0 saturated carbocycles. The van der Waals surface area contributed by atoms with Crippen LogP contribution < -0.4 is 4.74 Å². The minimum absolute atomic E-state index is 0.567. The minimum atomic E-state index is 0.567. The first kappa shape index (κ1) is 9.99. The quantitative estimate of drug-likeness (QED) is 0.736. The van der Waals surface area contributed by atoms with Crippen LogP contribution in [0.1, 0.15) is 22.3 Å². The van der Waals surface area contributed by atoms with Gasteiger partial charge in [0.1, 0.15) is 5.75 Å². The van der Waals surface area contributed by atoms with E-state index in [1.165, 1.54) is 0 Å². The third-order valence-corrected chi connectivity index (χ3v) is 3.20. The summed E-state index contributed by atoms with van der Waals surface area (Å²) in [4.78, 5) is 10.9. The van der Waals surface area contributed by atoms with E-state index in [1.54, 1.807) is 6.07 Å². The second-order valence-corrected chi connectivity index (χ2v) is 4.39. The lowest BCUT2D eigenvalue weighted by molar-refractivity contribution is 0.112. The molecule has 0 radical (unpaired) electrons. The summed E-state index contributed by atoms with van der Waals surface area (Å²) in [6.45, 7) is 0.673. The molecule has 2 nitrogen and oxygen atoms in total. The summed E-state index contributed by atoms with van der Waals surface area (Å²) in [7, 11) is 0. The van der Waals surface area contributed by atoms with Gasteiger partial charge in [-0.05, 0) is 34.8 Å². The highest BCUT2D eigenvalue weighted by Crippen LogP contribution is 2.38. The summed E-state index contributed by atoms with van der Waals surface area (Å²) < 4.78 is 6.18. The Labute approximate surface area is 95.3 Å². The molecular formula is C10H8BrClO2. The molecule has 74 valence electrons. The number of hydrogen-bond donors (Lipinski definition) is 0. The van der Waals surface area contributed by atoms with Gasteiger partial charge < -0.3 is 4.74 Å². The Morgan fingerprint density at radius 1 is 1.57 bits per heavy atom. The van der Waals surface area contributed by atoms with Crippen LogP contribution in [0.15, 0.2) is 10.5 Å². The number of hydrogen-bond acceptors (Lipinski definition) is 2. The Morgan fingerprint density at radius 2 is 2.36 bits per heavy atom. The molecule has 0 aromatic heterocycles. The van der Waals surface area contributed by atoms with Gasteiger partial charge in [-0.2, -0.15) is 0 Å². The van der Waals surface area contributed by atoms with Gasteiger partial charge in [-0.15, -0.1) is 0 Å². The van der Waals surface area contributed by atoms with Crippen molar-refractivity contribution in [1.82, 2.24) is 0 Å². The summed E-state index contributed by atoms with van der Waals surface area (Å²) in [5.74, 6) is 0.670. The Bertz CT molecular complexity index is 390. The van der Waals surface area contributed by atoms with E-state index in [4.69, 9.17) is 16.3 Å². The zero-order chi connectivity index (χ0) is 10.1. The maximum Gasteiger partial charge on any atom is 0.151 e. The molecule has 1 aromatic rings. The van der Waals surface area contributed by atoms with Crippen molar-refractivity contribution in [2.45, 2.75) is 12.8 Å². The number of benzene rings is 1. The topological polar surface area (TPSA) is 26.3 Å². The van der Waals surface area contributed by atoms with E-state index in [0.29, 0.717) is 22.9 Å². The third-order valence-electron chi connectivity index (χ3n) is 2.26. The van der Waals surface area contributed by atoms with E-state index < -0.39 is 0 Å². The highest BCUT2D eigenvalue weighted by atomic mass is 79.9. The predicted octanol–water partition coefficient (Wildman–Crippen LogP) is 3.24. The van der Waals surface area contributed by atoms with Crippen molar-refractivity contribution >= 4 is 33.8 Å². The van der Waals surface area contributed by atoms with Gasteiger partial charge in [0, 0.05) is 15.6 Å². The largest absolute Gasteiger partial charge is 0.492 e. The van der Waals surface area contributed by atoms with Gasteiger partial charge in [0.25, 0.3) is 0 Å². The lowest BCUT2D eigenvalue weighted by Gasteiger charge is -2.20. The van der Waals surface area contributed by atoms with Crippen LogP contribution in [0.3, 0.4) is 0 Å². The van der Waals surface area contributed by atoms with E-state index in [9.17, 15) is 4.79 Å². The molecule has 0 N–H and O–H groups in total. The molecule has 0 unspecified atom stereocenters. The molecule has 0 aliphatic carbocycles. The van der Waals surface area contributed by atoms with E-state index >= 15 is 0 Å². The number of aldehydes is 1. The third kappa shape index (κ3) is 1.55. The van der Waals surface area contributed by atoms with Crippen LogP contribution in [0.5, 0.6) is 5.75 Å². The molecule has 0 atom stereocenters. The number of carbonyl (C=O) groups excluding carboxylic acids is 1. The van der Waals surface area contributed by atoms with Crippen molar-refractivity contribution in [2.24, 2.45) is 0 Å². The van der Waals surface area contributed by atoms with E-state index in [1.807, 2.05) is 0 Å². The molecule has 1 heterocycles. The Hall–Kier alpha value is -0.540. The summed E-state index contributed by atoms with van der Waals surface area (Å²) in [5, 5.41) is 0.567. The summed E-state index contributed by atoms with van der Waals surface area (Å²) >= 11 is 9.32. The molecule has 0 saturated heterocycles. The number of ether oxygens (including phenoxy) is 1. The first-order chi connectivity index (χ1) is 6.74. The number of carbonyl (C=O) groups is 1. The second-order valence-electron chi connectivity index (χ2n) is 3.13. The number of halogens is 2. The number of fused-ring (bicyclic) bond motifs is 1. The van der Waals surface area contributed by atoms with Crippen LogP contribution in [0.2, 0.25) is 5.02 Å². The summed E-state index contributed by atoms with van der Waals surface area (Å²) in [6, 6.07) is 1.70. The molecule has 0 spiro atoms. The van der Waals surface area contributed by atoms with Gasteiger partial charge in [-0.25, -0.2) is 0 Å². The average Bonchev–Trinajstić information content (AvgIpc) is 2.18. The molecule has 14 heavy (non-hydrogen) atoms. The fourth-order valence-corrected chi connectivity index (χ4v) is 2.59. The molecule has 0 amide bonds. The molecule has 4 heteroatoms. The van der Waals surface area contributed by atoms with Gasteiger partial charge >= 0.3 is 0 Å². The van der Waals surface area contributed by atoms with Crippen molar-refractivity contribution < 1.29 is 9.53 Å². The molecule has 0 bridgehead atoms. The zero-order valence-electron chi connectivity index (χ0n) is 7.35. The van der Waals surface area contributed by atoms with Gasteiger partial charge in [0.15, 0.2) is 6.29 Å². The first-order valence-electron chi connectivity index (χ1n) is 4.33. The van der Waals surface area contributed by atoms with Crippen LogP contribution in [0.4, 0.5) is 0 Å². The van der Waals surface area contributed by atoms with Crippen molar-refractivity contribution in [1.29, 1.82) is 0 Å². The Balaban J connectivity index is 2.67. The first-order valence-corrected chi connectivity index (χ1v) is 5.50. The summed E-state index contributed by atoms with van der Waals surface area (Å²) in [5.41, 5.74) is 1.58. The highest BCUT2D eigenvalue weighted by molar-refractivity contribution is 9.10. The lowest BCUT2D eigenvalue weighted by Crippen LogP contribution is -2.11. The smallest absolute Gasteiger partial charge is 0.151 e. The predicted molar refractivity (Wildman–Crippen MR) is 58.4 cm³/mol. The maximum atomic E-state index is 10.9. The Morgan fingerprint density at radius 3 is 3.07 bits per heavy atom. The van der Waals surface area contributed by atoms with E-state index in [-0.39, 0.29) is 0 Å². The standard InChI is InChI=1S/C10H8BrClO2/c11-8-4-9(12)10-6(7(8)5-13)2-1-3-14-10/h4-5H,1-3H2. The summed E-state index contributed by atoms with van der Waals surface area (Å²) in [6.07, 6.45) is 2.62. The fourth-order valence-electron chi connectivity index (χ4n) is 1.62. The fraction of sp³-hybridized carbons (Fsp3) is 0.300. The Kier molecular flexibility index (Phi) is 2.79. The molecular weight excluding hydrogens is 267 g/mol. The van der Waals surface area contributed by atoms with Crippen molar-refractivity contribution in [2.75, 3.05) is 6.61 Å². The van der Waals surface area contributed by atoms with Crippen LogP contribution >= 0.6 is 27.5 Å². The SMILES string of the molecule is O=Cc1c(Br)cc(Cl)c2c1CCCO2. The molecule has 1 aliphatic rings. The molecule has 1 aromatic carbocycles. The molecule has 1 aliphatic heterocycles. The van der Waals surface area contributed by atoms with Gasteiger partial charge in [-0.1, -0.05) is 11.6 Å². The van der Waals surface area contributed by atoms with E-state index in [0.717, 1.165) is 29.2 Å². The second kappa shape index (κ2) is 3.91. The van der Waals surface area contributed by atoms with Gasteiger partial charge in [0.2, 0.25) is 0 Å². The van der Waals surface area contributed by atoms with Crippen molar-refractivity contribution in [3.63, 3.8) is 0 Å². The minimum Gasteiger partial charge on any atom is -0.492 e. The van der Waals surface area contributed by atoms with Crippen molar-refractivity contribution in [3.05, 3.63) is 26.7 Å². The maximum absolute atomic E-state index is 10.9. The lowest BCUT2D eigenvalue weighted by atomic mass is 10.0. The van der Waals surface area contributed by atoms with Crippen LogP contribution in [-0.4, -0.2) is 12.9 Å². The average molecular weight is 276 g/mol. The molecule has 0 fully saturated rings. The van der Waals surface area contributed by atoms with Gasteiger partial charge in [-0.3, -0.25) is 4.79 Å². The van der Waals surface area contributed by atoms with Crippen LogP contribution in [-0.2, 0) is 6.42 Å². The number of rotatable bonds is 1. The van der Waals surface area contributed by atoms with Gasteiger partial charge in [0.05, 0.1) is 11.6 Å². The van der Waals surface area contributed by atoms with Crippen molar-refractivity contribution in [3.8, 4) is 5.75 Å². The van der Waals surface area contributed by atoms with E-state index in [2.05, 4.69) is 15.9 Å². The van der Waals surface area contributed by atoms with Crippen LogP contribution in [0, 0.1) is 0 Å². The molecule has 2 rings (SSSR count). The van der Waals surface area contributed by atoms with Crippen LogP contribution in [0.25, 0.3) is 0 Å².